The van der Waals surface area contributed by atoms with Crippen LogP contribution in [0.15, 0.2) is 12.4 Å². The summed E-state index contributed by atoms with van der Waals surface area (Å²) in [6.45, 7) is 2.69. The SMILES string of the molecule is CN1CCN(c2cnn(C3CCN(C(=O)Nc4nc5c(s4)CCCC5)C3)c2)C1=O. The van der Waals surface area contributed by atoms with Gasteiger partial charge in [-0.2, -0.15) is 5.10 Å². The van der Waals surface area contributed by atoms with Crippen LogP contribution in [-0.2, 0) is 12.8 Å². The number of likely N-dealkylation sites (N-methyl/N-ethyl adjacent to an activating group) is 1. The molecule has 2 aromatic heterocycles. The van der Waals surface area contributed by atoms with Gasteiger partial charge in [0.15, 0.2) is 5.13 Å². The number of hydrogen-bond donors (Lipinski definition) is 1. The molecule has 0 radical (unpaired) electrons. The first-order chi connectivity index (χ1) is 14.1. The fourth-order valence-corrected chi connectivity index (χ4v) is 5.31. The molecule has 0 bridgehead atoms. The number of nitrogens with one attached hydrogen (secondary N) is 1. The van der Waals surface area contributed by atoms with Gasteiger partial charge in [-0.25, -0.2) is 14.6 Å². The van der Waals surface area contributed by atoms with Gasteiger partial charge in [-0.05, 0) is 32.1 Å². The highest BCUT2D eigenvalue weighted by atomic mass is 32.1. The van der Waals surface area contributed by atoms with Crippen molar-refractivity contribution in [3.8, 4) is 0 Å². The highest BCUT2D eigenvalue weighted by molar-refractivity contribution is 7.15. The Bertz CT molecular complexity index is 915. The highest BCUT2D eigenvalue weighted by Crippen LogP contribution is 2.30. The molecule has 0 saturated carbocycles. The van der Waals surface area contributed by atoms with E-state index in [1.54, 1.807) is 34.4 Å². The van der Waals surface area contributed by atoms with Crippen molar-refractivity contribution in [1.82, 2.24) is 24.6 Å². The summed E-state index contributed by atoms with van der Waals surface area (Å²) in [6, 6.07) is 0.0277. The topological polar surface area (TPSA) is 86.6 Å². The number of amides is 4. The largest absolute Gasteiger partial charge is 0.326 e. The van der Waals surface area contributed by atoms with E-state index in [2.05, 4.69) is 15.4 Å². The minimum Gasteiger partial charge on any atom is -0.326 e. The van der Waals surface area contributed by atoms with Crippen molar-refractivity contribution < 1.29 is 9.59 Å². The molecule has 0 spiro atoms. The van der Waals surface area contributed by atoms with Gasteiger partial charge < -0.3 is 9.80 Å². The number of anilines is 2. The first-order valence-electron chi connectivity index (χ1n) is 10.2. The standard InChI is InChI=1S/C19H25N7O2S/c1-23-8-9-25(19(23)28)14-10-20-26(12-14)13-6-7-24(11-13)18(27)22-17-21-15-4-2-3-5-16(15)29-17/h10,12-13H,2-9,11H2,1H3,(H,21,22,27). The van der Waals surface area contributed by atoms with E-state index in [4.69, 9.17) is 0 Å². The number of hydrogen-bond acceptors (Lipinski definition) is 5. The Kier molecular flexibility index (Phi) is 4.65. The van der Waals surface area contributed by atoms with Gasteiger partial charge in [0.2, 0.25) is 0 Å². The Morgan fingerprint density at radius 1 is 1.24 bits per heavy atom. The van der Waals surface area contributed by atoms with E-state index in [9.17, 15) is 9.59 Å². The van der Waals surface area contributed by atoms with Crippen LogP contribution >= 0.6 is 11.3 Å². The molecule has 29 heavy (non-hydrogen) atoms. The summed E-state index contributed by atoms with van der Waals surface area (Å²) in [6.07, 6.45) is 8.98. The molecule has 154 valence electrons. The summed E-state index contributed by atoms with van der Waals surface area (Å²) in [5.41, 5.74) is 1.97. The average molecular weight is 416 g/mol. The number of likely N-dealkylation sites (tertiary alicyclic amines) is 1. The first kappa shape index (κ1) is 18.4. The van der Waals surface area contributed by atoms with Crippen LogP contribution in [0.1, 0.15) is 35.9 Å². The van der Waals surface area contributed by atoms with Crippen molar-refractivity contribution in [2.45, 2.75) is 38.1 Å². The van der Waals surface area contributed by atoms with Crippen LogP contribution in [0.4, 0.5) is 20.4 Å². The van der Waals surface area contributed by atoms with Crippen LogP contribution < -0.4 is 10.2 Å². The van der Waals surface area contributed by atoms with Gasteiger partial charge in [0.1, 0.15) is 0 Å². The zero-order valence-corrected chi connectivity index (χ0v) is 17.3. The molecule has 4 amide bonds. The molecule has 1 atom stereocenters. The minimum atomic E-state index is -0.0951. The molecule has 0 aromatic carbocycles. The first-order valence-corrected chi connectivity index (χ1v) is 11.0. The van der Waals surface area contributed by atoms with Crippen LogP contribution in [0.5, 0.6) is 0 Å². The van der Waals surface area contributed by atoms with Gasteiger partial charge >= 0.3 is 12.1 Å². The van der Waals surface area contributed by atoms with Crippen LogP contribution in [0.25, 0.3) is 0 Å². The van der Waals surface area contributed by atoms with Crippen molar-refractivity contribution in [1.29, 1.82) is 0 Å². The third kappa shape index (κ3) is 3.45. The summed E-state index contributed by atoms with van der Waals surface area (Å²) in [7, 11) is 1.80. The van der Waals surface area contributed by atoms with Crippen LogP contribution in [0.2, 0.25) is 0 Å². The molecule has 2 aliphatic heterocycles. The number of fused-ring (bicyclic) bond motifs is 1. The van der Waals surface area contributed by atoms with Gasteiger partial charge in [-0.1, -0.05) is 0 Å². The van der Waals surface area contributed by atoms with Crippen molar-refractivity contribution in [2.75, 3.05) is 43.4 Å². The third-order valence-corrected chi connectivity index (χ3v) is 7.07. The lowest BCUT2D eigenvalue weighted by atomic mass is 10.0. The fourth-order valence-electron chi connectivity index (χ4n) is 4.27. The van der Waals surface area contributed by atoms with Crippen molar-refractivity contribution in [3.63, 3.8) is 0 Å². The average Bonchev–Trinajstić information content (AvgIpc) is 3.48. The summed E-state index contributed by atoms with van der Waals surface area (Å²) < 4.78 is 1.89. The molecule has 9 nitrogen and oxygen atoms in total. The highest BCUT2D eigenvalue weighted by Gasteiger charge is 2.31. The molecule has 1 aliphatic carbocycles. The Morgan fingerprint density at radius 3 is 2.90 bits per heavy atom. The molecule has 4 heterocycles. The van der Waals surface area contributed by atoms with E-state index in [0.29, 0.717) is 24.8 Å². The van der Waals surface area contributed by atoms with Gasteiger partial charge in [0.05, 0.1) is 23.6 Å². The zero-order chi connectivity index (χ0) is 20.0. The molecule has 2 fully saturated rings. The Morgan fingerprint density at radius 2 is 2.10 bits per heavy atom. The van der Waals surface area contributed by atoms with Crippen LogP contribution in [-0.4, -0.2) is 69.9 Å². The lowest BCUT2D eigenvalue weighted by Crippen LogP contribution is -2.33. The van der Waals surface area contributed by atoms with Crippen LogP contribution in [0, 0.1) is 0 Å². The van der Waals surface area contributed by atoms with E-state index in [1.807, 2.05) is 15.8 Å². The second kappa shape index (κ2) is 7.33. The molecule has 5 rings (SSSR count). The predicted molar refractivity (Wildman–Crippen MR) is 111 cm³/mol. The molecule has 10 heteroatoms. The van der Waals surface area contributed by atoms with Crippen molar-refractivity contribution in [3.05, 3.63) is 23.0 Å². The maximum Gasteiger partial charge on any atom is 0.324 e. The number of carbonyl (C=O) groups excluding carboxylic acids is 2. The second-order valence-electron chi connectivity index (χ2n) is 7.95. The lowest BCUT2D eigenvalue weighted by Gasteiger charge is -2.16. The van der Waals surface area contributed by atoms with Crippen molar-refractivity contribution in [2.24, 2.45) is 0 Å². The quantitative estimate of drug-likeness (QED) is 0.835. The van der Waals surface area contributed by atoms with Crippen LogP contribution in [0.3, 0.4) is 0 Å². The van der Waals surface area contributed by atoms with E-state index in [1.165, 1.54) is 17.7 Å². The second-order valence-corrected chi connectivity index (χ2v) is 9.03. The van der Waals surface area contributed by atoms with Crippen molar-refractivity contribution >= 4 is 34.2 Å². The van der Waals surface area contributed by atoms with E-state index in [-0.39, 0.29) is 18.1 Å². The predicted octanol–water partition coefficient (Wildman–Crippen LogP) is 2.57. The zero-order valence-electron chi connectivity index (χ0n) is 16.5. The molecule has 2 saturated heterocycles. The summed E-state index contributed by atoms with van der Waals surface area (Å²) in [5, 5.41) is 8.15. The van der Waals surface area contributed by atoms with E-state index < -0.39 is 0 Å². The number of carbonyl (C=O) groups is 2. The number of thiazole rings is 1. The summed E-state index contributed by atoms with van der Waals surface area (Å²) in [4.78, 5) is 36.0. The number of urea groups is 2. The molecule has 1 unspecified atom stereocenters. The number of nitrogens with zero attached hydrogens (tertiary/aromatic N) is 6. The maximum absolute atomic E-state index is 12.7. The normalized spacial score (nSPS) is 21.8. The third-order valence-electron chi connectivity index (χ3n) is 6.00. The molecule has 3 aliphatic rings. The van der Waals surface area contributed by atoms with Gasteiger partial charge in [-0.3, -0.25) is 14.9 Å². The van der Waals surface area contributed by atoms with Gasteiger partial charge in [0, 0.05) is 44.3 Å². The number of aromatic nitrogens is 3. The molecule has 2 aromatic rings. The Hall–Kier alpha value is -2.62. The number of rotatable bonds is 3. The lowest BCUT2D eigenvalue weighted by molar-refractivity contribution is 0.220. The maximum atomic E-state index is 12.7. The van der Waals surface area contributed by atoms with E-state index in [0.717, 1.165) is 37.2 Å². The Balaban J connectivity index is 1.21. The fraction of sp³-hybridized carbons (Fsp3) is 0.579. The van der Waals surface area contributed by atoms with Gasteiger partial charge in [-0.15, -0.1) is 11.3 Å². The smallest absolute Gasteiger partial charge is 0.324 e. The molecular weight excluding hydrogens is 390 g/mol. The summed E-state index contributed by atoms with van der Waals surface area (Å²) in [5.74, 6) is 0. The van der Waals surface area contributed by atoms with E-state index >= 15 is 0 Å². The number of aryl methyl sites for hydroxylation is 2. The summed E-state index contributed by atoms with van der Waals surface area (Å²) >= 11 is 1.61. The minimum absolute atomic E-state index is 0.00289. The molecular formula is C19H25N7O2S. The Labute approximate surface area is 173 Å². The van der Waals surface area contributed by atoms with Gasteiger partial charge in [0.25, 0.3) is 0 Å². The monoisotopic (exact) mass is 415 g/mol. The molecule has 1 N–H and O–H groups in total.